The fraction of sp³-hybridized carbons (Fsp3) is 0.500. The maximum atomic E-state index is 4.38. The van der Waals surface area contributed by atoms with Crippen molar-refractivity contribution in [2.75, 3.05) is 0 Å². The normalized spacial score (nSPS) is 19.7. The second kappa shape index (κ2) is 2.33. The highest BCUT2D eigenvalue weighted by molar-refractivity contribution is 5.23. The van der Waals surface area contributed by atoms with Crippen molar-refractivity contribution in [3.63, 3.8) is 0 Å². The monoisotopic (exact) mass is 147 g/mol. The molecular weight excluding hydrogens is 134 g/mol. The van der Waals surface area contributed by atoms with Crippen molar-refractivity contribution in [2.24, 2.45) is 0 Å². The van der Waals surface area contributed by atoms with Gasteiger partial charge in [-0.25, -0.2) is 0 Å². The van der Waals surface area contributed by atoms with E-state index in [1.807, 2.05) is 12.3 Å². The molecule has 1 aliphatic rings. The summed E-state index contributed by atoms with van der Waals surface area (Å²) in [6.45, 7) is 2.25. The summed E-state index contributed by atoms with van der Waals surface area (Å²) in [6.07, 6.45) is 5.80. The average Bonchev–Trinajstić information content (AvgIpc) is 2.86. The molecule has 0 spiro atoms. The van der Waals surface area contributed by atoms with Crippen LogP contribution in [0, 0.1) is 0 Å². The van der Waals surface area contributed by atoms with Gasteiger partial charge in [-0.05, 0) is 31.4 Å². The highest BCUT2D eigenvalue weighted by Crippen LogP contribution is 2.49. The molecule has 2 rings (SSSR count). The van der Waals surface area contributed by atoms with Gasteiger partial charge >= 0.3 is 0 Å². The van der Waals surface area contributed by atoms with Crippen LogP contribution in [0.15, 0.2) is 24.4 Å². The van der Waals surface area contributed by atoms with Gasteiger partial charge in [-0.15, -0.1) is 0 Å². The molecule has 1 aromatic heterocycles. The van der Waals surface area contributed by atoms with E-state index in [0.29, 0.717) is 5.41 Å². The van der Waals surface area contributed by atoms with E-state index in [2.05, 4.69) is 24.0 Å². The van der Waals surface area contributed by atoms with Crippen molar-refractivity contribution in [3.05, 3.63) is 30.1 Å². The van der Waals surface area contributed by atoms with Crippen molar-refractivity contribution >= 4 is 0 Å². The molecule has 58 valence electrons. The second-order valence-corrected chi connectivity index (χ2v) is 3.35. The van der Waals surface area contributed by atoms with Crippen LogP contribution in [-0.4, -0.2) is 4.98 Å². The quantitative estimate of drug-likeness (QED) is 0.626. The van der Waals surface area contributed by atoms with Crippen LogP contribution in [0.5, 0.6) is 0 Å². The molecule has 1 aromatic rings. The minimum Gasteiger partial charge on any atom is -0.261 e. The van der Waals surface area contributed by atoms with Crippen molar-refractivity contribution < 1.29 is 0 Å². The van der Waals surface area contributed by atoms with Gasteiger partial charge < -0.3 is 0 Å². The molecule has 1 nitrogen and oxygen atoms in total. The highest BCUT2D eigenvalue weighted by atomic mass is 14.7. The van der Waals surface area contributed by atoms with Crippen LogP contribution in [-0.2, 0) is 5.41 Å². The summed E-state index contributed by atoms with van der Waals surface area (Å²) >= 11 is 0. The molecule has 1 fully saturated rings. The fourth-order valence-electron chi connectivity index (χ4n) is 1.62. The molecule has 0 aromatic carbocycles. The third-order valence-corrected chi connectivity index (χ3v) is 2.74. The smallest absolute Gasteiger partial charge is 0.0465 e. The maximum Gasteiger partial charge on any atom is 0.0465 e. The van der Waals surface area contributed by atoms with Gasteiger partial charge in [0.25, 0.3) is 0 Å². The summed E-state index contributed by atoms with van der Waals surface area (Å²) in [5.41, 5.74) is 1.77. The standard InChI is InChI=1S/C10H13N/c1-2-10(6-7-10)9-5-3-4-8-11-9/h3-5,8H,2,6-7H2,1H3. The van der Waals surface area contributed by atoms with Crippen LogP contribution >= 0.6 is 0 Å². The lowest BCUT2D eigenvalue weighted by Gasteiger charge is -2.09. The zero-order valence-electron chi connectivity index (χ0n) is 6.88. The van der Waals surface area contributed by atoms with Crippen LogP contribution in [0.4, 0.5) is 0 Å². The average molecular weight is 147 g/mol. The van der Waals surface area contributed by atoms with Crippen molar-refractivity contribution in [1.82, 2.24) is 4.98 Å². The summed E-state index contributed by atoms with van der Waals surface area (Å²) in [4.78, 5) is 4.38. The first kappa shape index (κ1) is 6.84. The van der Waals surface area contributed by atoms with E-state index >= 15 is 0 Å². The first-order chi connectivity index (χ1) is 5.37. The molecule has 0 saturated heterocycles. The molecule has 0 unspecified atom stereocenters. The van der Waals surface area contributed by atoms with E-state index in [0.717, 1.165) is 0 Å². The summed E-state index contributed by atoms with van der Waals surface area (Å²) < 4.78 is 0. The largest absolute Gasteiger partial charge is 0.261 e. The fourth-order valence-corrected chi connectivity index (χ4v) is 1.62. The predicted molar refractivity (Wildman–Crippen MR) is 45.4 cm³/mol. The second-order valence-electron chi connectivity index (χ2n) is 3.35. The molecule has 0 atom stereocenters. The van der Waals surface area contributed by atoms with E-state index in [9.17, 15) is 0 Å². The Morgan fingerprint density at radius 1 is 1.45 bits per heavy atom. The van der Waals surface area contributed by atoms with Crippen molar-refractivity contribution in [1.29, 1.82) is 0 Å². The Morgan fingerprint density at radius 2 is 2.27 bits per heavy atom. The van der Waals surface area contributed by atoms with Gasteiger partial charge in [-0.1, -0.05) is 13.0 Å². The SMILES string of the molecule is CCC1(c2ccccn2)CC1. The van der Waals surface area contributed by atoms with Crippen LogP contribution in [0.2, 0.25) is 0 Å². The van der Waals surface area contributed by atoms with Gasteiger partial charge in [-0.3, -0.25) is 4.98 Å². The summed E-state index contributed by atoms with van der Waals surface area (Å²) in [5, 5.41) is 0. The zero-order chi connectivity index (χ0) is 7.73. The van der Waals surface area contributed by atoms with Gasteiger partial charge in [0, 0.05) is 17.3 Å². The first-order valence-electron chi connectivity index (χ1n) is 4.29. The van der Waals surface area contributed by atoms with E-state index in [1.54, 1.807) is 0 Å². The number of hydrogen-bond acceptors (Lipinski definition) is 1. The summed E-state index contributed by atoms with van der Waals surface area (Å²) in [7, 11) is 0. The maximum absolute atomic E-state index is 4.38. The lowest BCUT2D eigenvalue weighted by Crippen LogP contribution is -2.05. The Balaban J connectivity index is 2.30. The Morgan fingerprint density at radius 3 is 2.73 bits per heavy atom. The number of pyridine rings is 1. The Labute approximate surface area is 67.5 Å². The molecule has 1 saturated carbocycles. The number of aromatic nitrogens is 1. The van der Waals surface area contributed by atoms with E-state index in [-0.39, 0.29) is 0 Å². The molecule has 11 heavy (non-hydrogen) atoms. The van der Waals surface area contributed by atoms with Crippen LogP contribution in [0.25, 0.3) is 0 Å². The third kappa shape index (κ3) is 1.05. The third-order valence-electron chi connectivity index (χ3n) is 2.74. The van der Waals surface area contributed by atoms with Gasteiger partial charge in [0.2, 0.25) is 0 Å². The van der Waals surface area contributed by atoms with E-state index < -0.39 is 0 Å². The molecule has 1 heteroatoms. The Bertz CT molecular complexity index is 236. The predicted octanol–water partition coefficient (Wildman–Crippen LogP) is 2.52. The summed E-state index contributed by atoms with van der Waals surface area (Å²) in [6, 6.07) is 6.21. The van der Waals surface area contributed by atoms with Crippen LogP contribution < -0.4 is 0 Å². The van der Waals surface area contributed by atoms with Crippen LogP contribution in [0.1, 0.15) is 31.9 Å². The number of hydrogen-bond donors (Lipinski definition) is 0. The van der Waals surface area contributed by atoms with E-state index in [1.165, 1.54) is 25.0 Å². The van der Waals surface area contributed by atoms with Crippen molar-refractivity contribution in [2.45, 2.75) is 31.6 Å². The number of rotatable bonds is 2. The highest BCUT2D eigenvalue weighted by Gasteiger charge is 2.43. The molecular formula is C10H13N. The van der Waals surface area contributed by atoms with Gasteiger partial charge in [-0.2, -0.15) is 0 Å². The molecule has 1 aliphatic carbocycles. The number of nitrogens with zero attached hydrogens (tertiary/aromatic N) is 1. The first-order valence-corrected chi connectivity index (χ1v) is 4.29. The Kier molecular flexibility index (Phi) is 1.45. The van der Waals surface area contributed by atoms with Gasteiger partial charge in [0.1, 0.15) is 0 Å². The minimum atomic E-state index is 0.473. The van der Waals surface area contributed by atoms with Gasteiger partial charge in [0.05, 0.1) is 0 Å². The minimum absolute atomic E-state index is 0.473. The summed E-state index contributed by atoms with van der Waals surface area (Å²) in [5.74, 6) is 0. The molecule has 0 aliphatic heterocycles. The molecule has 0 radical (unpaired) electrons. The van der Waals surface area contributed by atoms with Gasteiger partial charge in [0.15, 0.2) is 0 Å². The zero-order valence-corrected chi connectivity index (χ0v) is 6.88. The molecule has 1 heterocycles. The van der Waals surface area contributed by atoms with E-state index in [4.69, 9.17) is 0 Å². The lowest BCUT2D eigenvalue weighted by atomic mass is 9.99. The molecule has 0 N–H and O–H groups in total. The molecule has 0 amide bonds. The topological polar surface area (TPSA) is 12.9 Å². The Hall–Kier alpha value is -0.850. The molecule has 0 bridgehead atoms. The van der Waals surface area contributed by atoms with Crippen LogP contribution in [0.3, 0.4) is 0 Å². The lowest BCUT2D eigenvalue weighted by molar-refractivity contribution is 0.641. The van der Waals surface area contributed by atoms with Crippen molar-refractivity contribution in [3.8, 4) is 0 Å².